The molecular weight excluding hydrogens is 439 g/mol. The quantitative estimate of drug-likeness (QED) is 0.489. The number of amides is 1. The fourth-order valence-electron chi connectivity index (χ4n) is 3.75. The highest BCUT2D eigenvalue weighted by Crippen LogP contribution is 2.25. The number of fused-ring (bicyclic) bond motifs is 1. The summed E-state index contributed by atoms with van der Waals surface area (Å²) in [4.78, 5) is 21.7. The number of carbonyl (C=O) groups excluding carboxylic acids is 1. The number of hydrogen-bond donors (Lipinski definition) is 3. The van der Waals surface area contributed by atoms with Gasteiger partial charge in [0.2, 0.25) is 0 Å². The zero-order valence-corrected chi connectivity index (χ0v) is 19.1. The van der Waals surface area contributed by atoms with Crippen molar-refractivity contribution in [1.82, 2.24) is 19.9 Å². The summed E-state index contributed by atoms with van der Waals surface area (Å²) >= 11 is 0. The van der Waals surface area contributed by atoms with Crippen molar-refractivity contribution in [3.8, 4) is 11.9 Å². The maximum Gasteiger partial charge on any atom is 0.255 e. The van der Waals surface area contributed by atoms with Crippen LogP contribution in [0.25, 0.3) is 16.9 Å². The number of pyridine rings is 2. The van der Waals surface area contributed by atoms with Crippen LogP contribution in [0.3, 0.4) is 0 Å². The maximum absolute atomic E-state index is 14.2. The van der Waals surface area contributed by atoms with E-state index >= 15 is 0 Å². The van der Waals surface area contributed by atoms with E-state index < -0.39 is 17.7 Å². The number of ether oxygens (including phenoxy) is 1. The number of alkyl halides is 1. The van der Waals surface area contributed by atoms with Gasteiger partial charge < -0.3 is 20.5 Å². The van der Waals surface area contributed by atoms with Gasteiger partial charge in [-0.05, 0) is 38.8 Å². The number of aliphatic hydroxyl groups is 1. The maximum atomic E-state index is 14.2. The Labute approximate surface area is 196 Å². The second-order valence-electron chi connectivity index (χ2n) is 8.91. The van der Waals surface area contributed by atoms with E-state index in [1.165, 1.54) is 26.2 Å². The molecule has 1 unspecified atom stereocenters. The van der Waals surface area contributed by atoms with E-state index in [-0.39, 0.29) is 18.2 Å². The van der Waals surface area contributed by atoms with Gasteiger partial charge in [0, 0.05) is 42.7 Å². The fourth-order valence-corrected chi connectivity index (χ4v) is 3.75. The van der Waals surface area contributed by atoms with Crippen LogP contribution >= 0.6 is 0 Å². The van der Waals surface area contributed by atoms with Crippen molar-refractivity contribution < 1.29 is 19.0 Å². The summed E-state index contributed by atoms with van der Waals surface area (Å²) in [5, 5.41) is 25.6. The number of nitrogens with one attached hydrogen (secondary N) is 2. The Morgan fingerprint density at radius 3 is 2.94 bits per heavy atom. The van der Waals surface area contributed by atoms with Gasteiger partial charge in [-0.3, -0.25) is 9.36 Å². The summed E-state index contributed by atoms with van der Waals surface area (Å²) in [5.41, 5.74) is 0.313. The van der Waals surface area contributed by atoms with Gasteiger partial charge in [-0.15, -0.1) is 0 Å². The Morgan fingerprint density at radius 2 is 2.24 bits per heavy atom. The predicted molar refractivity (Wildman–Crippen MR) is 125 cm³/mol. The van der Waals surface area contributed by atoms with Gasteiger partial charge in [-0.2, -0.15) is 5.26 Å². The average Bonchev–Trinajstić information content (AvgIpc) is 3.25. The Bertz CT molecular complexity index is 1220. The number of carbonyl (C=O) groups is 1. The molecule has 10 heteroatoms. The van der Waals surface area contributed by atoms with E-state index in [0.717, 1.165) is 18.2 Å². The van der Waals surface area contributed by atoms with Crippen molar-refractivity contribution in [2.75, 3.05) is 25.1 Å². The van der Waals surface area contributed by atoms with Crippen LogP contribution < -0.4 is 10.6 Å². The molecule has 1 fully saturated rings. The van der Waals surface area contributed by atoms with Gasteiger partial charge in [-0.25, -0.2) is 14.4 Å². The molecule has 1 amide bonds. The molecule has 1 saturated heterocycles. The van der Waals surface area contributed by atoms with Crippen LogP contribution in [0.1, 0.15) is 42.6 Å². The van der Waals surface area contributed by atoms with Gasteiger partial charge in [0.1, 0.15) is 23.7 Å². The Morgan fingerprint density at radius 1 is 1.41 bits per heavy atom. The predicted octanol–water partition coefficient (Wildman–Crippen LogP) is 2.72. The molecule has 1 aliphatic rings. The topological polar surface area (TPSA) is 125 Å². The van der Waals surface area contributed by atoms with Crippen LogP contribution in [-0.4, -0.2) is 63.1 Å². The minimum Gasteiger partial charge on any atom is -0.387 e. The van der Waals surface area contributed by atoms with Gasteiger partial charge in [-0.1, -0.05) is 0 Å². The lowest BCUT2D eigenvalue weighted by Gasteiger charge is -2.26. The molecule has 3 aromatic heterocycles. The summed E-state index contributed by atoms with van der Waals surface area (Å²) < 4.78 is 21.5. The van der Waals surface area contributed by atoms with Crippen LogP contribution in [0, 0.1) is 11.3 Å². The minimum atomic E-state index is -1.62. The molecule has 4 heterocycles. The summed E-state index contributed by atoms with van der Waals surface area (Å²) in [6.07, 6.45) is 4.89. The van der Waals surface area contributed by atoms with Gasteiger partial charge in [0.25, 0.3) is 5.91 Å². The molecule has 2 atom stereocenters. The first-order valence-corrected chi connectivity index (χ1v) is 11.1. The first-order chi connectivity index (χ1) is 16.3. The molecule has 9 nitrogen and oxygen atoms in total. The molecule has 0 saturated carbocycles. The van der Waals surface area contributed by atoms with Crippen molar-refractivity contribution >= 4 is 22.6 Å². The first-order valence-electron chi connectivity index (χ1n) is 11.1. The SMILES string of the molecule is CC(C)(O)[C@@H](F)CNC(=O)c1cnc(-n2ccc3cc(C#N)cnc32)cc1NC1CCCOC1. The van der Waals surface area contributed by atoms with E-state index in [1.807, 2.05) is 6.07 Å². The van der Waals surface area contributed by atoms with Crippen molar-refractivity contribution in [2.45, 2.75) is 44.5 Å². The van der Waals surface area contributed by atoms with Crippen molar-refractivity contribution in [3.05, 3.63) is 47.9 Å². The standard InChI is InChI=1S/C24H27FN6O3/c1-24(2,33)20(25)13-29-23(32)18-12-27-21(9-19(18)30-17-4-3-7-34-14-17)31-6-5-16-8-15(10-26)11-28-22(16)31/h5-6,8-9,11-12,17,20,33H,3-4,7,13-14H2,1-2H3,(H,27,30)(H,29,32)/t17?,20-/m0/s1. The summed E-state index contributed by atoms with van der Waals surface area (Å²) in [6, 6.07) is 7.41. The van der Waals surface area contributed by atoms with E-state index in [2.05, 4.69) is 26.7 Å². The van der Waals surface area contributed by atoms with Gasteiger partial charge in [0.15, 0.2) is 0 Å². The highest BCUT2D eigenvalue weighted by atomic mass is 19.1. The largest absolute Gasteiger partial charge is 0.387 e. The number of halogens is 1. The normalized spacial score (nSPS) is 17.2. The lowest BCUT2D eigenvalue weighted by molar-refractivity contribution is -0.00177. The van der Waals surface area contributed by atoms with Crippen LogP contribution in [0.2, 0.25) is 0 Å². The second kappa shape index (κ2) is 9.75. The van der Waals surface area contributed by atoms with Crippen LogP contribution in [0.5, 0.6) is 0 Å². The summed E-state index contributed by atoms with van der Waals surface area (Å²) in [5.74, 6) is 0.0298. The van der Waals surface area contributed by atoms with Crippen molar-refractivity contribution in [1.29, 1.82) is 5.26 Å². The van der Waals surface area contributed by atoms with E-state index in [9.17, 15) is 14.3 Å². The summed E-state index contributed by atoms with van der Waals surface area (Å²) in [6.45, 7) is 3.59. The molecule has 0 radical (unpaired) electrons. The highest BCUT2D eigenvalue weighted by molar-refractivity contribution is 5.99. The van der Waals surface area contributed by atoms with Crippen LogP contribution in [0.4, 0.5) is 10.1 Å². The number of nitrogens with zero attached hydrogens (tertiary/aromatic N) is 4. The molecule has 178 valence electrons. The average molecular weight is 467 g/mol. The first kappa shape index (κ1) is 23.6. The zero-order chi connectivity index (χ0) is 24.3. The number of rotatable bonds is 7. The van der Waals surface area contributed by atoms with Gasteiger partial charge >= 0.3 is 0 Å². The molecular formula is C24H27FN6O3. The fraction of sp³-hybridized carbons (Fsp3) is 0.417. The molecule has 0 spiro atoms. The van der Waals surface area contributed by atoms with E-state index in [0.29, 0.717) is 35.9 Å². The number of anilines is 1. The van der Waals surface area contributed by atoms with E-state index in [1.54, 1.807) is 22.9 Å². The Kier molecular flexibility index (Phi) is 6.77. The van der Waals surface area contributed by atoms with Crippen molar-refractivity contribution in [3.63, 3.8) is 0 Å². The molecule has 34 heavy (non-hydrogen) atoms. The minimum absolute atomic E-state index is 0.0126. The van der Waals surface area contributed by atoms with Gasteiger partial charge in [0.05, 0.1) is 35.6 Å². The molecule has 0 aliphatic carbocycles. The monoisotopic (exact) mass is 466 g/mol. The number of nitriles is 1. The van der Waals surface area contributed by atoms with E-state index in [4.69, 9.17) is 10.00 Å². The Hall–Kier alpha value is -3.55. The molecule has 0 aromatic carbocycles. The number of aromatic nitrogens is 3. The number of hydrogen-bond acceptors (Lipinski definition) is 7. The molecule has 3 aromatic rings. The third-order valence-electron chi connectivity index (χ3n) is 5.76. The van der Waals surface area contributed by atoms with Crippen LogP contribution in [-0.2, 0) is 4.74 Å². The molecule has 3 N–H and O–H groups in total. The lowest BCUT2D eigenvalue weighted by atomic mass is 10.0. The Balaban J connectivity index is 1.65. The zero-order valence-electron chi connectivity index (χ0n) is 19.1. The summed E-state index contributed by atoms with van der Waals surface area (Å²) in [7, 11) is 0. The lowest BCUT2D eigenvalue weighted by Crippen LogP contribution is -2.42. The second-order valence-corrected chi connectivity index (χ2v) is 8.91. The highest BCUT2D eigenvalue weighted by Gasteiger charge is 2.27. The molecule has 0 bridgehead atoms. The third kappa shape index (κ3) is 5.16. The molecule has 4 rings (SSSR count). The van der Waals surface area contributed by atoms with Crippen molar-refractivity contribution in [2.24, 2.45) is 0 Å². The third-order valence-corrected chi connectivity index (χ3v) is 5.76. The smallest absolute Gasteiger partial charge is 0.255 e. The molecule has 1 aliphatic heterocycles. The van der Waals surface area contributed by atoms with Crippen LogP contribution in [0.15, 0.2) is 36.8 Å².